The number of hydrogen-bond donors (Lipinski definition) is 0. The average Bonchev–Trinajstić information content (AvgIpc) is 3.71. The molecule has 0 N–H and O–H groups in total. The van der Waals surface area contributed by atoms with Gasteiger partial charge in [0.25, 0.3) is 0 Å². The zero-order valence-corrected chi connectivity index (χ0v) is 34.2. The largest absolute Gasteiger partial charge is 2.00 e. The van der Waals surface area contributed by atoms with Gasteiger partial charge >= 0.3 is 21.1 Å². The van der Waals surface area contributed by atoms with Gasteiger partial charge in [-0.1, -0.05) is 88.1 Å². The topological polar surface area (TPSA) is 57.2 Å². The molecule has 6 nitrogen and oxygen atoms in total. The van der Waals surface area contributed by atoms with Crippen LogP contribution in [0.2, 0.25) is 0 Å². The monoisotopic (exact) mass is 906 g/mol. The fourth-order valence-corrected chi connectivity index (χ4v) is 8.80. The maximum Gasteiger partial charge on any atom is 2.00 e. The van der Waals surface area contributed by atoms with Crippen molar-refractivity contribution in [1.82, 2.24) is 23.9 Å². The Morgan fingerprint density at radius 3 is 1.91 bits per heavy atom. The molecule has 0 bridgehead atoms. The Morgan fingerprint density at radius 1 is 0.571 bits per heavy atom. The van der Waals surface area contributed by atoms with Crippen LogP contribution >= 0.6 is 0 Å². The minimum atomic E-state index is 0. The molecule has 0 radical (unpaired) electrons. The minimum Gasteiger partial charge on any atom is -0.503 e. The number of aromatic nitrogens is 5. The minimum absolute atomic E-state index is 0. The van der Waals surface area contributed by atoms with E-state index in [9.17, 15) is 0 Å². The third-order valence-electron chi connectivity index (χ3n) is 10.8. The SMILES string of the molecule is Cc1cc(C)c(-c2nc3c4[c-]c(Oc5[c-]c6c(cc5)c5ccccc5n6-c5ccccn5)ccc4c4ncccc4n3c2-c2c(C)cc(C)cc2C)c(C)c1.[Pt+2]. The van der Waals surface area contributed by atoms with Crippen molar-refractivity contribution in [3.63, 3.8) is 0 Å². The second-order valence-corrected chi connectivity index (χ2v) is 14.7. The van der Waals surface area contributed by atoms with Crippen molar-refractivity contribution in [2.24, 2.45) is 0 Å². The third kappa shape index (κ3) is 5.54. The molecular formula is C49H37N5OPt. The second kappa shape index (κ2) is 13.6. The Morgan fingerprint density at radius 2 is 1.20 bits per heavy atom. The zero-order valence-electron chi connectivity index (χ0n) is 31.9. The smallest absolute Gasteiger partial charge is 0.503 e. The maximum absolute atomic E-state index is 6.65. The molecule has 0 saturated carbocycles. The first-order valence-corrected chi connectivity index (χ1v) is 18.6. The van der Waals surface area contributed by atoms with Gasteiger partial charge in [-0.3, -0.25) is 9.97 Å². The predicted molar refractivity (Wildman–Crippen MR) is 224 cm³/mol. The number of fused-ring (bicyclic) bond motifs is 9. The molecule has 7 heteroatoms. The van der Waals surface area contributed by atoms with Crippen LogP contribution in [0.3, 0.4) is 0 Å². The molecule has 0 aliphatic carbocycles. The molecule has 56 heavy (non-hydrogen) atoms. The quantitative estimate of drug-likeness (QED) is 0.128. The number of nitrogens with zero attached hydrogens (tertiary/aromatic N) is 5. The number of pyridine rings is 3. The molecule has 0 atom stereocenters. The van der Waals surface area contributed by atoms with Crippen LogP contribution in [0.4, 0.5) is 0 Å². The molecule has 0 unspecified atom stereocenters. The van der Waals surface area contributed by atoms with Crippen molar-refractivity contribution in [3.05, 3.63) is 161 Å². The fraction of sp³-hybridized carbons (Fsp3) is 0.122. The number of para-hydroxylation sites is 1. The Hall–Kier alpha value is -6.10. The van der Waals surface area contributed by atoms with Crippen molar-refractivity contribution in [3.8, 4) is 39.8 Å². The van der Waals surface area contributed by atoms with Crippen molar-refractivity contribution >= 4 is 49.3 Å². The molecule has 0 amide bonds. The number of hydrogen-bond acceptors (Lipinski definition) is 4. The van der Waals surface area contributed by atoms with E-state index in [1.807, 2.05) is 48.8 Å². The molecule has 0 spiro atoms. The maximum atomic E-state index is 6.65. The van der Waals surface area contributed by atoms with Crippen molar-refractivity contribution < 1.29 is 25.8 Å². The van der Waals surface area contributed by atoms with Gasteiger partial charge in [0.15, 0.2) is 0 Å². The first-order valence-electron chi connectivity index (χ1n) is 18.6. The summed E-state index contributed by atoms with van der Waals surface area (Å²) in [5, 5.41) is 4.01. The molecule has 0 aliphatic heterocycles. The van der Waals surface area contributed by atoms with E-state index in [1.165, 1.54) is 38.9 Å². The Bertz CT molecular complexity index is 3150. The predicted octanol–water partition coefficient (Wildman–Crippen LogP) is 12.1. The summed E-state index contributed by atoms with van der Waals surface area (Å²) in [5.74, 6) is 1.97. The van der Waals surface area contributed by atoms with E-state index < -0.39 is 0 Å². The molecule has 5 aromatic carbocycles. The van der Waals surface area contributed by atoms with Crippen molar-refractivity contribution in [2.45, 2.75) is 41.5 Å². The number of aryl methyl sites for hydroxylation is 6. The average molecular weight is 907 g/mol. The molecule has 0 fully saturated rings. The summed E-state index contributed by atoms with van der Waals surface area (Å²) in [7, 11) is 0. The number of imidazole rings is 1. The van der Waals surface area contributed by atoms with E-state index in [-0.39, 0.29) is 21.1 Å². The van der Waals surface area contributed by atoms with Crippen LogP contribution in [0.25, 0.3) is 77.6 Å². The molecule has 10 rings (SSSR count). The molecule has 274 valence electrons. The van der Waals surface area contributed by atoms with Crippen molar-refractivity contribution in [2.75, 3.05) is 0 Å². The van der Waals surface area contributed by atoms with Crippen molar-refractivity contribution in [1.29, 1.82) is 0 Å². The first kappa shape index (κ1) is 35.6. The number of ether oxygens (including phenoxy) is 1. The molecule has 0 aliphatic rings. The van der Waals surface area contributed by atoms with Crippen LogP contribution < -0.4 is 4.74 Å². The summed E-state index contributed by atoms with van der Waals surface area (Å²) in [6, 6.07) is 42.9. The van der Waals surface area contributed by atoms with Crippen LogP contribution in [-0.4, -0.2) is 23.9 Å². The van der Waals surface area contributed by atoms with E-state index in [0.717, 1.165) is 72.0 Å². The summed E-state index contributed by atoms with van der Waals surface area (Å²) in [5.41, 5.74) is 16.2. The van der Waals surface area contributed by atoms with Crippen LogP contribution in [0, 0.1) is 53.7 Å². The first-order chi connectivity index (χ1) is 26.7. The van der Waals surface area contributed by atoms with Crippen LogP contribution in [0.15, 0.2) is 116 Å². The number of rotatable bonds is 5. The molecule has 5 heterocycles. The second-order valence-electron chi connectivity index (χ2n) is 14.7. The van der Waals surface area contributed by atoms with Gasteiger partial charge in [-0.15, -0.1) is 23.6 Å². The van der Waals surface area contributed by atoms with Gasteiger partial charge in [-0.05, 0) is 99.5 Å². The Kier molecular flexibility index (Phi) is 8.63. The zero-order chi connectivity index (χ0) is 37.5. The number of benzene rings is 5. The van der Waals surface area contributed by atoms with Gasteiger partial charge in [0.1, 0.15) is 5.82 Å². The van der Waals surface area contributed by atoms with Crippen LogP contribution in [0.5, 0.6) is 11.5 Å². The van der Waals surface area contributed by atoms with E-state index in [0.29, 0.717) is 11.5 Å². The standard InChI is InChI=1S/C49H37N5O.Pt/c1-28-22-30(3)44(31(4)23-28)47-48(45-32(5)24-29(2)25-33(45)6)54-41-14-11-21-51-46(41)38-19-17-34(26-39(38)49(54)52-47)55-35-16-18-37-36-12-7-8-13-40(36)53(42(37)27-35)43-15-9-10-20-50-43;/h7-25H,1-6H3;/q-2;+2. The van der Waals surface area contributed by atoms with Gasteiger partial charge < -0.3 is 13.7 Å². The Balaban J connectivity index is 0.00000410. The fourth-order valence-electron chi connectivity index (χ4n) is 8.80. The summed E-state index contributed by atoms with van der Waals surface area (Å²) < 4.78 is 11.1. The van der Waals surface area contributed by atoms with Gasteiger partial charge in [-0.25, -0.2) is 4.98 Å². The summed E-state index contributed by atoms with van der Waals surface area (Å²) in [6.07, 6.45) is 3.67. The Labute approximate surface area is 339 Å². The van der Waals surface area contributed by atoms with E-state index >= 15 is 0 Å². The van der Waals surface area contributed by atoms with Crippen LogP contribution in [-0.2, 0) is 21.1 Å². The molecular weight excluding hydrogens is 870 g/mol. The van der Waals surface area contributed by atoms with E-state index in [4.69, 9.17) is 14.7 Å². The molecule has 10 aromatic rings. The molecule has 5 aromatic heterocycles. The molecule has 0 saturated heterocycles. The van der Waals surface area contributed by atoms with Gasteiger partial charge in [0.05, 0.1) is 28.1 Å². The third-order valence-corrected chi connectivity index (χ3v) is 10.8. The normalized spacial score (nSPS) is 11.6. The van der Waals surface area contributed by atoms with Crippen LogP contribution in [0.1, 0.15) is 33.4 Å². The van der Waals surface area contributed by atoms with E-state index in [1.54, 1.807) is 0 Å². The summed E-state index contributed by atoms with van der Waals surface area (Å²) in [4.78, 5) is 15.2. The van der Waals surface area contributed by atoms with E-state index in [2.05, 4.69) is 134 Å². The summed E-state index contributed by atoms with van der Waals surface area (Å²) >= 11 is 0. The summed E-state index contributed by atoms with van der Waals surface area (Å²) in [6.45, 7) is 13.1. The van der Waals surface area contributed by atoms with Gasteiger partial charge in [0.2, 0.25) is 0 Å². The van der Waals surface area contributed by atoms with Gasteiger partial charge in [-0.2, -0.15) is 6.07 Å². The van der Waals surface area contributed by atoms with Gasteiger partial charge in [0, 0.05) is 40.5 Å².